The minimum absolute atomic E-state index is 0.0635. The fraction of sp³-hybridized carbons (Fsp3) is 0.267. The normalized spacial score (nSPS) is 12.8. The van der Waals surface area contributed by atoms with Gasteiger partial charge in [0, 0.05) is 5.39 Å². The fourth-order valence-corrected chi connectivity index (χ4v) is 2.65. The van der Waals surface area contributed by atoms with Crippen LogP contribution in [0.5, 0.6) is 0 Å². The van der Waals surface area contributed by atoms with E-state index in [1.165, 1.54) is 6.92 Å². The van der Waals surface area contributed by atoms with Crippen LogP contribution in [-0.2, 0) is 0 Å². The third-order valence-electron chi connectivity index (χ3n) is 3.48. The molecular weight excluding hydrogens is 312 g/mol. The molecule has 0 fully saturated rings. The molecule has 0 saturated heterocycles. The average Bonchev–Trinajstić information content (AvgIpc) is 2.86. The van der Waals surface area contributed by atoms with E-state index >= 15 is 0 Å². The van der Waals surface area contributed by atoms with Crippen LogP contribution in [0.15, 0.2) is 16.7 Å². The number of aryl methyl sites for hydroxylation is 2. The van der Waals surface area contributed by atoms with E-state index in [1.807, 2.05) is 0 Å². The molecule has 3 aromatic rings. The van der Waals surface area contributed by atoms with E-state index in [1.54, 1.807) is 19.9 Å². The van der Waals surface area contributed by atoms with Crippen LogP contribution in [0.4, 0.5) is 8.78 Å². The van der Waals surface area contributed by atoms with Crippen LogP contribution in [0, 0.1) is 19.7 Å². The van der Waals surface area contributed by atoms with Crippen LogP contribution in [0.3, 0.4) is 0 Å². The Morgan fingerprint density at radius 3 is 2.55 bits per heavy atom. The van der Waals surface area contributed by atoms with Gasteiger partial charge in [0.25, 0.3) is 5.89 Å². The molecule has 0 N–H and O–H groups in total. The van der Waals surface area contributed by atoms with E-state index in [0.717, 1.165) is 6.07 Å². The zero-order valence-corrected chi connectivity index (χ0v) is 12.9. The Kier molecular flexibility index (Phi) is 3.56. The van der Waals surface area contributed by atoms with Gasteiger partial charge in [-0.15, -0.1) is 0 Å². The number of nitrogens with zero attached hydrogens (tertiary/aromatic N) is 3. The van der Waals surface area contributed by atoms with Crippen molar-refractivity contribution in [3.63, 3.8) is 0 Å². The standard InChI is InChI=1S/C15H12ClF2N3O/c1-6-10-4-9(7(2)17)5-11(18)13(10)20-14(16)12(6)15-19-8(3)21-22-15/h4-5,7H,1-3H3/t7-/m1/s1. The summed E-state index contributed by atoms with van der Waals surface area (Å²) in [5.74, 6) is 0.0339. The Morgan fingerprint density at radius 2 is 1.95 bits per heavy atom. The molecule has 0 aliphatic heterocycles. The lowest BCUT2D eigenvalue weighted by atomic mass is 10.0. The van der Waals surface area contributed by atoms with Crippen molar-refractivity contribution in [2.75, 3.05) is 0 Å². The summed E-state index contributed by atoms with van der Waals surface area (Å²) in [4.78, 5) is 8.18. The molecule has 0 unspecified atom stereocenters. The van der Waals surface area contributed by atoms with Crippen LogP contribution >= 0.6 is 11.6 Å². The highest BCUT2D eigenvalue weighted by molar-refractivity contribution is 6.32. The van der Waals surface area contributed by atoms with Crippen LogP contribution in [0.2, 0.25) is 5.15 Å². The third kappa shape index (κ3) is 2.33. The van der Waals surface area contributed by atoms with E-state index in [-0.39, 0.29) is 22.1 Å². The van der Waals surface area contributed by atoms with Gasteiger partial charge in [-0.2, -0.15) is 4.98 Å². The summed E-state index contributed by atoms with van der Waals surface area (Å²) in [6.45, 7) is 4.76. The highest BCUT2D eigenvalue weighted by atomic mass is 35.5. The van der Waals surface area contributed by atoms with E-state index in [0.29, 0.717) is 22.3 Å². The smallest absolute Gasteiger partial charge is 0.261 e. The van der Waals surface area contributed by atoms with Crippen molar-refractivity contribution in [3.05, 3.63) is 40.1 Å². The summed E-state index contributed by atoms with van der Waals surface area (Å²) in [6, 6.07) is 2.70. The maximum Gasteiger partial charge on any atom is 0.261 e. The van der Waals surface area contributed by atoms with Gasteiger partial charge in [0.15, 0.2) is 5.82 Å². The summed E-state index contributed by atoms with van der Waals surface area (Å²) in [5.41, 5.74) is 1.37. The van der Waals surface area contributed by atoms with E-state index < -0.39 is 12.0 Å². The molecule has 0 radical (unpaired) electrons. The second-order valence-electron chi connectivity index (χ2n) is 5.06. The number of benzene rings is 1. The molecule has 0 aliphatic carbocycles. The summed E-state index contributed by atoms with van der Waals surface area (Å²) in [7, 11) is 0. The van der Waals surface area contributed by atoms with Crippen LogP contribution in [-0.4, -0.2) is 15.1 Å². The monoisotopic (exact) mass is 323 g/mol. The fourth-order valence-electron chi connectivity index (χ4n) is 2.34. The predicted octanol–water partition coefficient (Wildman–Crippen LogP) is 4.72. The van der Waals surface area contributed by atoms with Gasteiger partial charge in [0.05, 0.1) is 5.56 Å². The minimum Gasteiger partial charge on any atom is -0.334 e. The van der Waals surface area contributed by atoms with Crippen molar-refractivity contribution in [2.24, 2.45) is 0 Å². The van der Waals surface area contributed by atoms with E-state index in [9.17, 15) is 8.78 Å². The molecule has 0 saturated carbocycles. The van der Waals surface area contributed by atoms with Gasteiger partial charge < -0.3 is 4.52 Å². The van der Waals surface area contributed by atoms with Crippen LogP contribution in [0.25, 0.3) is 22.4 Å². The first-order valence-electron chi connectivity index (χ1n) is 6.62. The summed E-state index contributed by atoms with van der Waals surface area (Å²) in [6.07, 6.45) is -1.29. The Labute approximate surface area is 130 Å². The Balaban J connectivity index is 2.36. The van der Waals surface area contributed by atoms with Gasteiger partial charge >= 0.3 is 0 Å². The zero-order valence-electron chi connectivity index (χ0n) is 12.1. The van der Waals surface area contributed by atoms with Crippen molar-refractivity contribution in [1.29, 1.82) is 0 Å². The van der Waals surface area contributed by atoms with Gasteiger partial charge in [0.1, 0.15) is 22.7 Å². The number of aromatic nitrogens is 3. The van der Waals surface area contributed by atoms with Crippen molar-refractivity contribution in [1.82, 2.24) is 15.1 Å². The van der Waals surface area contributed by atoms with Gasteiger partial charge in [-0.05, 0) is 44.0 Å². The Hall–Kier alpha value is -2.08. The lowest BCUT2D eigenvalue weighted by Gasteiger charge is -2.11. The lowest BCUT2D eigenvalue weighted by Crippen LogP contribution is -1.97. The molecule has 2 heterocycles. The van der Waals surface area contributed by atoms with Gasteiger partial charge in [-0.1, -0.05) is 16.8 Å². The maximum atomic E-state index is 14.2. The van der Waals surface area contributed by atoms with Gasteiger partial charge in [-0.3, -0.25) is 0 Å². The highest BCUT2D eigenvalue weighted by Gasteiger charge is 2.20. The molecule has 7 heteroatoms. The van der Waals surface area contributed by atoms with Gasteiger partial charge in [-0.25, -0.2) is 13.8 Å². The van der Waals surface area contributed by atoms with Crippen molar-refractivity contribution in [2.45, 2.75) is 26.9 Å². The molecule has 0 amide bonds. The Bertz CT molecular complexity index is 877. The largest absolute Gasteiger partial charge is 0.334 e. The third-order valence-corrected chi connectivity index (χ3v) is 3.76. The molecule has 4 nitrogen and oxygen atoms in total. The maximum absolute atomic E-state index is 14.2. The summed E-state index contributed by atoms with van der Waals surface area (Å²) >= 11 is 6.15. The molecule has 2 aromatic heterocycles. The molecular formula is C15H12ClF2N3O. The quantitative estimate of drug-likeness (QED) is 0.640. The lowest BCUT2D eigenvalue weighted by molar-refractivity contribution is 0.373. The van der Waals surface area contributed by atoms with Crippen molar-refractivity contribution in [3.8, 4) is 11.5 Å². The van der Waals surface area contributed by atoms with Crippen LogP contribution in [0.1, 0.15) is 30.0 Å². The number of fused-ring (bicyclic) bond motifs is 1. The van der Waals surface area contributed by atoms with Gasteiger partial charge in [0.2, 0.25) is 0 Å². The number of hydrogen-bond acceptors (Lipinski definition) is 4. The van der Waals surface area contributed by atoms with E-state index in [2.05, 4.69) is 15.1 Å². The minimum atomic E-state index is -1.29. The molecule has 0 bridgehead atoms. The number of pyridine rings is 1. The molecule has 1 aromatic carbocycles. The average molecular weight is 324 g/mol. The number of hydrogen-bond donors (Lipinski definition) is 0. The first kappa shape index (κ1) is 14.8. The summed E-state index contributed by atoms with van der Waals surface area (Å²) in [5, 5.41) is 4.24. The molecule has 0 spiro atoms. The molecule has 114 valence electrons. The second-order valence-corrected chi connectivity index (χ2v) is 5.42. The second kappa shape index (κ2) is 5.28. The number of halogens is 3. The molecule has 1 atom stereocenters. The predicted molar refractivity (Wildman–Crippen MR) is 79.0 cm³/mol. The van der Waals surface area contributed by atoms with Crippen molar-refractivity contribution >= 4 is 22.5 Å². The SMILES string of the molecule is Cc1noc(-c2c(Cl)nc3c(F)cc([C@@H](C)F)cc3c2C)n1. The molecule has 22 heavy (non-hydrogen) atoms. The number of alkyl halides is 1. The Morgan fingerprint density at radius 1 is 1.23 bits per heavy atom. The first-order valence-corrected chi connectivity index (χ1v) is 7.00. The van der Waals surface area contributed by atoms with Crippen molar-refractivity contribution < 1.29 is 13.3 Å². The molecule has 3 rings (SSSR count). The van der Waals surface area contributed by atoms with E-state index in [4.69, 9.17) is 16.1 Å². The summed E-state index contributed by atoms with van der Waals surface area (Å²) < 4.78 is 32.8. The first-order chi connectivity index (χ1) is 10.4. The van der Waals surface area contributed by atoms with Crippen LogP contribution < -0.4 is 0 Å². The number of rotatable bonds is 2. The highest BCUT2D eigenvalue weighted by Crippen LogP contribution is 2.35. The molecule has 0 aliphatic rings. The zero-order chi connectivity index (χ0) is 16.0. The topological polar surface area (TPSA) is 51.8 Å².